The van der Waals surface area contributed by atoms with Gasteiger partial charge in [0.15, 0.2) is 0 Å². The van der Waals surface area contributed by atoms with Gasteiger partial charge in [-0.3, -0.25) is 4.79 Å². The summed E-state index contributed by atoms with van der Waals surface area (Å²) < 4.78 is 1.71. The third-order valence-electron chi connectivity index (χ3n) is 3.62. The van der Waals surface area contributed by atoms with Gasteiger partial charge < -0.3 is 10.2 Å². The average Bonchev–Trinajstić information content (AvgIpc) is 3.02. The molecule has 0 aliphatic rings. The molecule has 0 aliphatic carbocycles. The first-order chi connectivity index (χ1) is 11.1. The summed E-state index contributed by atoms with van der Waals surface area (Å²) in [6.07, 6.45) is 1.50. The van der Waals surface area contributed by atoms with Gasteiger partial charge in [0.2, 0.25) is 0 Å². The van der Waals surface area contributed by atoms with E-state index in [0.717, 1.165) is 17.1 Å². The van der Waals surface area contributed by atoms with Crippen LogP contribution in [0.3, 0.4) is 0 Å². The van der Waals surface area contributed by atoms with E-state index in [9.17, 15) is 4.79 Å². The number of hydrogen-bond acceptors (Lipinski definition) is 5. The van der Waals surface area contributed by atoms with E-state index in [1.807, 2.05) is 44.3 Å². The van der Waals surface area contributed by atoms with Crippen molar-refractivity contribution >= 4 is 17.5 Å². The summed E-state index contributed by atoms with van der Waals surface area (Å²) in [5.41, 5.74) is 2.64. The number of nitrogens with zero attached hydrogens (tertiary/aromatic N) is 5. The molecule has 1 amide bonds. The van der Waals surface area contributed by atoms with Crippen molar-refractivity contribution in [2.45, 2.75) is 13.5 Å². The lowest BCUT2D eigenvalue weighted by molar-refractivity contribution is 0.0963. The molecular weight excluding hydrogens is 292 g/mol. The lowest BCUT2D eigenvalue weighted by atomic mass is 10.1. The number of anilines is 1. The molecule has 7 heteroatoms. The van der Waals surface area contributed by atoms with Crippen LogP contribution in [0.25, 0.3) is 5.78 Å². The Morgan fingerprint density at radius 3 is 2.74 bits per heavy atom. The summed E-state index contributed by atoms with van der Waals surface area (Å²) in [6, 6.07) is 9.53. The molecule has 0 atom stereocenters. The maximum Gasteiger partial charge on any atom is 0.254 e. The molecule has 0 unspecified atom stereocenters. The number of carbonyl (C=O) groups excluding carboxylic acids is 1. The Hall–Kier alpha value is -2.96. The number of nitrogens with one attached hydrogen (secondary N) is 1. The van der Waals surface area contributed by atoms with Crippen molar-refractivity contribution in [1.29, 1.82) is 0 Å². The smallest absolute Gasteiger partial charge is 0.254 e. The summed E-state index contributed by atoms with van der Waals surface area (Å²) in [5.74, 6) is 1.42. The molecule has 3 rings (SSSR count). The van der Waals surface area contributed by atoms with Gasteiger partial charge in [-0.15, -0.1) is 0 Å². The summed E-state index contributed by atoms with van der Waals surface area (Å²) in [5, 5.41) is 6.84. The van der Waals surface area contributed by atoms with Crippen molar-refractivity contribution in [2.75, 3.05) is 19.0 Å². The Balaban J connectivity index is 1.84. The molecule has 23 heavy (non-hydrogen) atoms. The predicted molar refractivity (Wildman–Crippen MR) is 87.5 cm³/mol. The van der Waals surface area contributed by atoms with Gasteiger partial charge in [0, 0.05) is 38.0 Å². The van der Waals surface area contributed by atoms with Crippen LogP contribution >= 0.6 is 0 Å². The molecular formula is C16H18N6O. The van der Waals surface area contributed by atoms with Crippen molar-refractivity contribution < 1.29 is 4.79 Å². The quantitative estimate of drug-likeness (QED) is 0.789. The van der Waals surface area contributed by atoms with E-state index in [-0.39, 0.29) is 5.91 Å². The molecule has 2 aromatic heterocycles. The summed E-state index contributed by atoms with van der Waals surface area (Å²) >= 11 is 0. The lowest BCUT2D eigenvalue weighted by Crippen LogP contribution is -2.21. The minimum atomic E-state index is -0.0843. The van der Waals surface area contributed by atoms with E-state index in [1.165, 1.54) is 6.33 Å². The van der Waals surface area contributed by atoms with Gasteiger partial charge in [-0.25, -0.2) is 4.98 Å². The maximum atomic E-state index is 11.6. The van der Waals surface area contributed by atoms with E-state index < -0.39 is 0 Å². The van der Waals surface area contributed by atoms with Crippen LogP contribution in [0.5, 0.6) is 0 Å². The van der Waals surface area contributed by atoms with Crippen LogP contribution in [-0.2, 0) is 6.54 Å². The minimum Gasteiger partial charge on any atom is -0.355 e. The van der Waals surface area contributed by atoms with Crippen LogP contribution in [0.4, 0.5) is 5.82 Å². The maximum absolute atomic E-state index is 11.6. The van der Waals surface area contributed by atoms with E-state index in [1.54, 1.807) is 11.6 Å². The fraction of sp³-hybridized carbons (Fsp3) is 0.250. The van der Waals surface area contributed by atoms with Gasteiger partial charge in [0.25, 0.3) is 11.7 Å². The summed E-state index contributed by atoms with van der Waals surface area (Å²) in [7, 11) is 3.61. The number of aryl methyl sites for hydroxylation is 1. The molecule has 0 aliphatic heterocycles. The molecule has 0 saturated carbocycles. The molecule has 0 radical (unpaired) electrons. The first-order valence-corrected chi connectivity index (χ1v) is 7.28. The van der Waals surface area contributed by atoms with Crippen LogP contribution < -0.4 is 10.2 Å². The highest BCUT2D eigenvalue weighted by atomic mass is 16.1. The molecule has 0 fully saturated rings. The molecule has 0 spiro atoms. The van der Waals surface area contributed by atoms with Crippen molar-refractivity contribution in [1.82, 2.24) is 24.9 Å². The number of amides is 1. The fourth-order valence-corrected chi connectivity index (χ4v) is 2.44. The van der Waals surface area contributed by atoms with Crippen molar-refractivity contribution in [2.24, 2.45) is 0 Å². The van der Waals surface area contributed by atoms with E-state index in [4.69, 9.17) is 0 Å². The monoisotopic (exact) mass is 310 g/mol. The van der Waals surface area contributed by atoms with Crippen molar-refractivity contribution in [3.8, 4) is 0 Å². The number of hydrogen-bond donors (Lipinski definition) is 1. The number of carbonyl (C=O) groups is 1. The third kappa shape index (κ3) is 2.98. The average molecular weight is 310 g/mol. The molecule has 7 nitrogen and oxygen atoms in total. The van der Waals surface area contributed by atoms with E-state index in [0.29, 0.717) is 17.9 Å². The van der Waals surface area contributed by atoms with Crippen LogP contribution in [0.15, 0.2) is 36.7 Å². The molecule has 1 N–H and O–H groups in total. The minimum absolute atomic E-state index is 0.0843. The van der Waals surface area contributed by atoms with Crippen molar-refractivity contribution in [3.05, 3.63) is 53.5 Å². The Bertz CT molecular complexity index is 839. The van der Waals surface area contributed by atoms with Gasteiger partial charge in [-0.1, -0.05) is 12.1 Å². The molecule has 0 saturated heterocycles. The molecule has 2 heterocycles. The first-order valence-electron chi connectivity index (χ1n) is 7.28. The Morgan fingerprint density at radius 1 is 1.30 bits per heavy atom. The number of fused-ring (bicyclic) bond motifs is 1. The normalized spacial score (nSPS) is 10.7. The fourth-order valence-electron chi connectivity index (χ4n) is 2.44. The summed E-state index contributed by atoms with van der Waals surface area (Å²) in [4.78, 5) is 22.1. The molecule has 3 aromatic rings. The van der Waals surface area contributed by atoms with E-state index in [2.05, 4.69) is 25.3 Å². The van der Waals surface area contributed by atoms with Crippen molar-refractivity contribution in [3.63, 3.8) is 0 Å². The zero-order valence-corrected chi connectivity index (χ0v) is 13.3. The summed E-state index contributed by atoms with van der Waals surface area (Å²) in [6.45, 7) is 2.62. The largest absolute Gasteiger partial charge is 0.355 e. The van der Waals surface area contributed by atoms with Gasteiger partial charge in [0.1, 0.15) is 12.1 Å². The Morgan fingerprint density at radius 2 is 2.04 bits per heavy atom. The van der Waals surface area contributed by atoms with Gasteiger partial charge in [-0.05, 0) is 24.6 Å². The Labute approximate surface area is 134 Å². The third-order valence-corrected chi connectivity index (χ3v) is 3.62. The lowest BCUT2D eigenvalue weighted by Gasteiger charge is -2.20. The second-order valence-corrected chi connectivity index (χ2v) is 5.36. The van der Waals surface area contributed by atoms with E-state index >= 15 is 0 Å². The highest BCUT2D eigenvalue weighted by Crippen LogP contribution is 2.17. The highest BCUT2D eigenvalue weighted by Gasteiger charge is 2.11. The second kappa shape index (κ2) is 6.04. The number of aromatic nitrogens is 4. The van der Waals surface area contributed by atoms with Crippen LogP contribution in [0.1, 0.15) is 21.6 Å². The second-order valence-electron chi connectivity index (χ2n) is 5.36. The molecule has 1 aromatic carbocycles. The molecule has 118 valence electrons. The first kappa shape index (κ1) is 15.0. The highest BCUT2D eigenvalue weighted by molar-refractivity contribution is 5.93. The predicted octanol–water partition coefficient (Wildman–Crippen LogP) is 1.43. The zero-order chi connectivity index (χ0) is 16.4. The standard InChI is InChI=1S/C16H18N6O/c1-11-8-14(22-16(20-11)18-10-19-22)21(3)9-12-4-6-13(7-5-12)15(23)17-2/h4-8,10H,9H2,1-3H3,(H,17,23). The van der Waals surface area contributed by atoms with Gasteiger partial charge >= 0.3 is 0 Å². The molecule has 0 bridgehead atoms. The topological polar surface area (TPSA) is 75.4 Å². The van der Waals surface area contributed by atoms with Crippen LogP contribution in [0.2, 0.25) is 0 Å². The zero-order valence-electron chi connectivity index (χ0n) is 13.3. The number of benzene rings is 1. The van der Waals surface area contributed by atoms with Crippen LogP contribution in [-0.4, -0.2) is 39.6 Å². The SMILES string of the molecule is CNC(=O)c1ccc(CN(C)c2cc(C)nc3ncnn23)cc1. The van der Waals surface area contributed by atoms with Crippen LogP contribution in [0, 0.1) is 6.92 Å². The Kier molecular flexibility index (Phi) is 3.92. The van der Waals surface area contributed by atoms with Gasteiger partial charge in [-0.2, -0.15) is 14.6 Å². The number of rotatable bonds is 4. The van der Waals surface area contributed by atoms with Gasteiger partial charge in [0.05, 0.1) is 0 Å².